The Kier molecular flexibility index (Phi) is 4.05. The number of carbonyl (C=O) groups is 2. The molecule has 0 spiro atoms. The van der Waals surface area contributed by atoms with Crippen molar-refractivity contribution < 1.29 is 19.4 Å². The van der Waals surface area contributed by atoms with Gasteiger partial charge in [0.05, 0.1) is 28.2 Å². The van der Waals surface area contributed by atoms with Gasteiger partial charge in [0.1, 0.15) is 0 Å². The van der Waals surface area contributed by atoms with Crippen LogP contribution in [0.1, 0.15) is 18.9 Å². The number of amides is 2. The summed E-state index contributed by atoms with van der Waals surface area (Å²) in [7, 11) is 0. The molecule has 4 atom stereocenters. The number of allylic oxidation sites excluding steroid dienone is 2. The lowest BCUT2D eigenvalue weighted by atomic mass is 9.85. The van der Waals surface area contributed by atoms with E-state index in [2.05, 4.69) is 17.3 Å². The van der Waals surface area contributed by atoms with Crippen molar-refractivity contribution in [2.24, 2.45) is 28.8 Å². The van der Waals surface area contributed by atoms with Crippen LogP contribution in [0.2, 0.25) is 0 Å². The number of hydrogen-bond donors (Lipinski definition) is 1. The fourth-order valence-corrected chi connectivity index (χ4v) is 4.68. The number of aromatic hydroxyl groups is 1. The second-order valence-electron chi connectivity index (χ2n) is 6.52. The molecule has 1 aliphatic heterocycles. The Labute approximate surface area is 158 Å². The van der Waals surface area contributed by atoms with E-state index in [1.54, 1.807) is 12.1 Å². The van der Waals surface area contributed by atoms with Crippen molar-refractivity contribution in [3.63, 3.8) is 0 Å². The maximum Gasteiger partial charge on any atom is 0.254 e. The number of benzene rings is 1. The maximum atomic E-state index is 12.6. The summed E-state index contributed by atoms with van der Waals surface area (Å²) in [6.07, 6.45) is 6.48. The molecule has 1 saturated carbocycles. The average molecular weight is 452 g/mol. The molecule has 6 nitrogen and oxygen atoms in total. The molecule has 2 aliphatic carbocycles. The number of fused-ring (bicyclic) bond motifs is 5. The molecule has 0 aromatic heterocycles. The van der Waals surface area contributed by atoms with E-state index in [1.807, 2.05) is 29.5 Å². The van der Waals surface area contributed by atoms with E-state index in [-0.39, 0.29) is 41.2 Å². The predicted molar refractivity (Wildman–Crippen MR) is 99.2 cm³/mol. The quantitative estimate of drug-likeness (QED) is 0.330. The molecule has 2 fully saturated rings. The number of hydrazone groups is 1. The Hall–Kier alpha value is -1.90. The topological polar surface area (TPSA) is 79.2 Å². The monoisotopic (exact) mass is 452 g/mol. The summed E-state index contributed by atoms with van der Waals surface area (Å²) in [6, 6.07) is 3.36. The van der Waals surface area contributed by atoms with Gasteiger partial charge in [0.25, 0.3) is 11.8 Å². The van der Waals surface area contributed by atoms with Crippen LogP contribution in [0.4, 0.5) is 0 Å². The van der Waals surface area contributed by atoms with Gasteiger partial charge in [-0.15, -0.1) is 0 Å². The predicted octanol–water partition coefficient (Wildman–Crippen LogP) is 2.54. The van der Waals surface area contributed by atoms with E-state index in [1.165, 1.54) is 6.21 Å². The largest absolute Gasteiger partial charge is 0.504 e. The molecule has 1 heterocycles. The average Bonchev–Trinajstić information content (AvgIpc) is 3.25. The van der Waals surface area contributed by atoms with Crippen LogP contribution >= 0.6 is 22.6 Å². The molecule has 130 valence electrons. The Bertz CT molecular complexity index is 790. The highest BCUT2D eigenvalue weighted by Crippen LogP contribution is 2.52. The zero-order chi connectivity index (χ0) is 17.7. The Morgan fingerprint density at radius 3 is 2.52 bits per heavy atom. The molecule has 25 heavy (non-hydrogen) atoms. The third-order valence-corrected chi connectivity index (χ3v) is 5.94. The van der Waals surface area contributed by atoms with Crippen LogP contribution in [-0.2, 0) is 9.59 Å². The van der Waals surface area contributed by atoms with Crippen LogP contribution in [0, 0.1) is 27.2 Å². The minimum absolute atomic E-state index is 0.0742. The zero-order valence-corrected chi connectivity index (χ0v) is 15.7. The summed E-state index contributed by atoms with van der Waals surface area (Å²) in [6.45, 7) is 2.25. The van der Waals surface area contributed by atoms with Crippen molar-refractivity contribution in [3.8, 4) is 11.5 Å². The van der Waals surface area contributed by atoms with Crippen LogP contribution in [-0.4, -0.2) is 34.8 Å². The van der Waals surface area contributed by atoms with Gasteiger partial charge >= 0.3 is 0 Å². The summed E-state index contributed by atoms with van der Waals surface area (Å²) in [5, 5.41) is 15.2. The minimum atomic E-state index is -0.251. The third kappa shape index (κ3) is 2.56. The molecule has 1 N–H and O–H groups in total. The number of rotatable bonds is 4. The van der Waals surface area contributed by atoms with Crippen molar-refractivity contribution in [2.75, 3.05) is 6.61 Å². The van der Waals surface area contributed by atoms with Crippen LogP contribution in [0.25, 0.3) is 0 Å². The second-order valence-corrected chi connectivity index (χ2v) is 7.68. The highest BCUT2D eigenvalue weighted by Gasteiger charge is 2.59. The number of hydrogen-bond acceptors (Lipinski definition) is 5. The third-order valence-electron chi connectivity index (χ3n) is 5.12. The summed E-state index contributed by atoms with van der Waals surface area (Å²) in [5.74, 6) is -0.142. The molecule has 0 unspecified atom stereocenters. The Morgan fingerprint density at radius 2 is 1.92 bits per heavy atom. The number of halogens is 1. The smallest absolute Gasteiger partial charge is 0.254 e. The van der Waals surface area contributed by atoms with E-state index in [9.17, 15) is 14.7 Å². The molecule has 3 aliphatic rings. The fraction of sp³-hybridized carbons (Fsp3) is 0.389. The fourth-order valence-electron chi connectivity index (χ4n) is 4.06. The van der Waals surface area contributed by atoms with E-state index in [0.717, 1.165) is 11.4 Å². The molecular formula is C18H17IN2O4. The van der Waals surface area contributed by atoms with Crippen LogP contribution in [0.15, 0.2) is 29.4 Å². The van der Waals surface area contributed by atoms with Gasteiger partial charge in [0.15, 0.2) is 11.5 Å². The van der Waals surface area contributed by atoms with Crippen LogP contribution < -0.4 is 4.74 Å². The summed E-state index contributed by atoms with van der Waals surface area (Å²) in [4.78, 5) is 25.2. The van der Waals surface area contributed by atoms with Crippen molar-refractivity contribution in [1.82, 2.24) is 5.01 Å². The van der Waals surface area contributed by atoms with Gasteiger partial charge in [-0.3, -0.25) is 9.59 Å². The number of phenols is 1. The van der Waals surface area contributed by atoms with E-state index in [4.69, 9.17) is 4.74 Å². The molecule has 1 aromatic carbocycles. The lowest BCUT2D eigenvalue weighted by Gasteiger charge is -2.13. The first-order valence-electron chi connectivity index (χ1n) is 8.26. The van der Waals surface area contributed by atoms with Gasteiger partial charge in [-0.25, -0.2) is 0 Å². The van der Waals surface area contributed by atoms with Gasteiger partial charge < -0.3 is 9.84 Å². The lowest BCUT2D eigenvalue weighted by Crippen LogP contribution is -2.28. The summed E-state index contributed by atoms with van der Waals surface area (Å²) >= 11 is 2.00. The molecule has 1 saturated heterocycles. The highest BCUT2D eigenvalue weighted by molar-refractivity contribution is 14.1. The maximum absolute atomic E-state index is 12.6. The lowest BCUT2D eigenvalue weighted by molar-refractivity contribution is -0.140. The van der Waals surface area contributed by atoms with Crippen LogP contribution in [0.5, 0.6) is 11.5 Å². The number of imide groups is 1. The Morgan fingerprint density at radius 1 is 1.28 bits per heavy atom. The number of ether oxygens (including phenoxy) is 1. The van der Waals surface area contributed by atoms with Gasteiger partial charge in [-0.2, -0.15) is 10.1 Å². The highest BCUT2D eigenvalue weighted by atomic mass is 127. The normalized spacial score (nSPS) is 29.9. The van der Waals surface area contributed by atoms with Crippen molar-refractivity contribution in [3.05, 3.63) is 33.4 Å². The first-order chi connectivity index (χ1) is 12.0. The van der Waals surface area contributed by atoms with Crippen molar-refractivity contribution >= 4 is 40.6 Å². The minimum Gasteiger partial charge on any atom is -0.504 e. The van der Waals surface area contributed by atoms with Gasteiger partial charge in [-0.05, 0) is 65.5 Å². The molecule has 0 radical (unpaired) electrons. The van der Waals surface area contributed by atoms with Gasteiger partial charge in [0, 0.05) is 0 Å². The Balaban J connectivity index is 1.59. The van der Waals surface area contributed by atoms with E-state index in [0.29, 0.717) is 21.5 Å². The van der Waals surface area contributed by atoms with Gasteiger partial charge in [-0.1, -0.05) is 12.2 Å². The second kappa shape index (κ2) is 6.12. The molecule has 2 amide bonds. The molecular weight excluding hydrogens is 435 g/mol. The number of phenolic OH excluding ortho intramolecular Hbond substituents is 1. The zero-order valence-electron chi connectivity index (χ0n) is 13.6. The van der Waals surface area contributed by atoms with E-state index < -0.39 is 0 Å². The van der Waals surface area contributed by atoms with Gasteiger partial charge in [0.2, 0.25) is 0 Å². The van der Waals surface area contributed by atoms with E-state index >= 15 is 0 Å². The van der Waals surface area contributed by atoms with Crippen molar-refractivity contribution in [1.29, 1.82) is 0 Å². The summed E-state index contributed by atoms with van der Waals surface area (Å²) in [5.41, 5.74) is 0.657. The SMILES string of the molecule is CCOc1cc(/C=N\N2C(=O)[C@@H]3[C@H](C2=O)[C@H]2C=C[C@H]3C2)cc(I)c1O. The van der Waals surface area contributed by atoms with Crippen LogP contribution in [0.3, 0.4) is 0 Å². The first-order valence-corrected chi connectivity index (χ1v) is 9.34. The van der Waals surface area contributed by atoms with Crippen molar-refractivity contribution in [2.45, 2.75) is 13.3 Å². The summed E-state index contributed by atoms with van der Waals surface area (Å²) < 4.78 is 6.01. The molecule has 7 heteroatoms. The first kappa shape index (κ1) is 16.6. The number of nitrogens with zero attached hydrogens (tertiary/aromatic N) is 2. The standard InChI is InChI=1S/C18H17IN2O4/c1-2-25-13-6-9(5-12(19)16(13)22)8-20-21-17(23)14-10-3-4-11(7-10)15(14)18(21)24/h3-6,8,10-11,14-15,22H,2,7H2,1H3/b20-8-/t10-,11-,14-,15+/m0/s1. The molecule has 1 aromatic rings. The number of carbonyl (C=O) groups excluding carboxylic acids is 2. The molecule has 2 bridgehead atoms. The molecule has 4 rings (SSSR count).